The van der Waals surface area contributed by atoms with Crippen LogP contribution in [0.2, 0.25) is 0 Å². The minimum absolute atomic E-state index is 0.0370. The van der Waals surface area contributed by atoms with Crippen molar-refractivity contribution in [3.05, 3.63) is 59.7 Å². The van der Waals surface area contributed by atoms with Gasteiger partial charge in [-0.1, -0.05) is 6.92 Å². The van der Waals surface area contributed by atoms with Crippen LogP contribution in [0.5, 0.6) is 0 Å². The minimum atomic E-state index is -0.937. The Morgan fingerprint density at radius 1 is 1.00 bits per heavy atom. The molecule has 2 amide bonds. The highest BCUT2D eigenvalue weighted by Crippen LogP contribution is 2.19. The molecule has 0 radical (unpaired) electrons. The van der Waals surface area contributed by atoms with Crippen molar-refractivity contribution in [2.75, 3.05) is 49.5 Å². The number of carbonyl (C=O) groups is 2. The monoisotopic (exact) mass is 416 g/mol. The van der Waals surface area contributed by atoms with E-state index in [-0.39, 0.29) is 24.4 Å². The zero-order valence-electron chi connectivity index (χ0n) is 17.0. The molecule has 1 aliphatic heterocycles. The number of hydrogen-bond acceptors (Lipinski definition) is 4. The van der Waals surface area contributed by atoms with Gasteiger partial charge in [0.15, 0.2) is 0 Å². The van der Waals surface area contributed by atoms with E-state index < -0.39 is 17.5 Å². The van der Waals surface area contributed by atoms with Crippen molar-refractivity contribution in [3.63, 3.8) is 0 Å². The fourth-order valence-corrected chi connectivity index (χ4v) is 3.36. The van der Waals surface area contributed by atoms with Crippen molar-refractivity contribution in [1.82, 2.24) is 10.2 Å². The number of nitrogens with zero attached hydrogens (tertiary/aromatic N) is 2. The fraction of sp³-hybridized carbons (Fsp3) is 0.364. The topological polar surface area (TPSA) is 64.7 Å². The summed E-state index contributed by atoms with van der Waals surface area (Å²) >= 11 is 0. The molecular weight excluding hydrogens is 390 g/mol. The number of halogens is 2. The van der Waals surface area contributed by atoms with E-state index in [1.54, 1.807) is 0 Å². The lowest BCUT2D eigenvalue weighted by Gasteiger charge is -2.35. The second-order valence-electron chi connectivity index (χ2n) is 7.15. The zero-order chi connectivity index (χ0) is 21.5. The Labute approximate surface area is 174 Å². The molecular formula is C22H26F2N4O2. The number of carbonyl (C=O) groups excluding carboxylic acids is 2. The number of amides is 2. The standard InChI is InChI=1S/C22H26F2N4O2/c1-2-27-11-13-28(14-12-27)18-6-4-17(5-7-18)26-21(29)9-10-25-22(30)19-8-3-16(23)15-20(19)24/h3-8,15H,2,9-14H2,1H3,(H,25,30)(H,26,29). The SMILES string of the molecule is CCN1CCN(c2ccc(NC(=O)CCNC(=O)c3ccc(F)cc3F)cc2)CC1. The molecule has 0 aliphatic carbocycles. The van der Waals surface area contributed by atoms with Gasteiger partial charge in [0.2, 0.25) is 5.91 Å². The van der Waals surface area contributed by atoms with E-state index in [0.717, 1.165) is 50.5 Å². The van der Waals surface area contributed by atoms with E-state index >= 15 is 0 Å². The first-order valence-corrected chi connectivity index (χ1v) is 10.1. The highest BCUT2D eigenvalue weighted by molar-refractivity contribution is 5.95. The van der Waals surface area contributed by atoms with Crippen molar-refractivity contribution in [1.29, 1.82) is 0 Å². The summed E-state index contributed by atoms with van der Waals surface area (Å²) in [6, 6.07) is 10.4. The maximum absolute atomic E-state index is 13.6. The van der Waals surface area contributed by atoms with Gasteiger partial charge in [0.25, 0.3) is 5.91 Å². The van der Waals surface area contributed by atoms with Crippen LogP contribution in [-0.2, 0) is 4.79 Å². The number of piperazine rings is 1. The van der Waals surface area contributed by atoms with E-state index in [1.165, 1.54) is 0 Å². The van der Waals surface area contributed by atoms with Crippen LogP contribution in [-0.4, -0.2) is 56.0 Å². The Morgan fingerprint density at radius 3 is 2.33 bits per heavy atom. The van der Waals surface area contributed by atoms with Crippen LogP contribution in [0.4, 0.5) is 20.2 Å². The van der Waals surface area contributed by atoms with Crippen LogP contribution in [0.25, 0.3) is 0 Å². The summed E-state index contributed by atoms with van der Waals surface area (Å²) in [7, 11) is 0. The minimum Gasteiger partial charge on any atom is -0.369 e. The summed E-state index contributed by atoms with van der Waals surface area (Å²) < 4.78 is 26.5. The van der Waals surface area contributed by atoms with Crippen LogP contribution in [0, 0.1) is 11.6 Å². The molecule has 1 aliphatic rings. The Bertz CT molecular complexity index is 881. The van der Waals surface area contributed by atoms with Gasteiger partial charge in [-0.2, -0.15) is 0 Å². The molecule has 1 fully saturated rings. The summed E-state index contributed by atoms with van der Waals surface area (Å²) in [5, 5.41) is 5.24. The molecule has 0 atom stereocenters. The summed E-state index contributed by atoms with van der Waals surface area (Å²) in [5.41, 5.74) is 1.54. The number of anilines is 2. The summed E-state index contributed by atoms with van der Waals surface area (Å²) in [4.78, 5) is 28.8. The van der Waals surface area contributed by atoms with E-state index in [1.807, 2.05) is 24.3 Å². The molecule has 0 spiro atoms. The van der Waals surface area contributed by atoms with Crippen LogP contribution in [0.1, 0.15) is 23.7 Å². The van der Waals surface area contributed by atoms with Gasteiger partial charge >= 0.3 is 0 Å². The van der Waals surface area contributed by atoms with E-state index in [4.69, 9.17) is 0 Å². The van der Waals surface area contributed by atoms with Crippen LogP contribution >= 0.6 is 0 Å². The Kier molecular flexibility index (Phi) is 7.35. The molecule has 160 valence electrons. The Morgan fingerprint density at radius 2 is 1.70 bits per heavy atom. The third-order valence-electron chi connectivity index (χ3n) is 5.15. The third-order valence-corrected chi connectivity index (χ3v) is 5.15. The van der Waals surface area contributed by atoms with Crippen molar-refractivity contribution in [3.8, 4) is 0 Å². The molecule has 30 heavy (non-hydrogen) atoms. The number of rotatable bonds is 7. The average Bonchev–Trinajstić information content (AvgIpc) is 2.74. The first kappa shape index (κ1) is 21.7. The summed E-state index contributed by atoms with van der Waals surface area (Å²) in [6.07, 6.45) is 0.0370. The number of hydrogen-bond donors (Lipinski definition) is 2. The Balaban J connectivity index is 1.43. The second-order valence-corrected chi connectivity index (χ2v) is 7.15. The maximum atomic E-state index is 13.6. The predicted octanol–water partition coefficient (Wildman–Crippen LogP) is 2.87. The van der Waals surface area contributed by atoms with Gasteiger partial charge in [0, 0.05) is 56.6 Å². The fourth-order valence-electron chi connectivity index (χ4n) is 3.36. The van der Waals surface area contributed by atoms with Gasteiger partial charge in [-0.15, -0.1) is 0 Å². The summed E-state index contributed by atoms with van der Waals surface area (Å²) in [6.45, 7) is 7.33. The van der Waals surface area contributed by atoms with Gasteiger partial charge < -0.3 is 20.4 Å². The quantitative estimate of drug-likeness (QED) is 0.729. The molecule has 0 aromatic heterocycles. The lowest BCUT2D eigenvalue weighted by molar-refractivity contribution is -0.116. The Hall–Kier alpha value is -3.00. The smallest absolute Gasteiger partial charge is 0.254 e. The average molecular weight is 416 g/mol. The molecule has 2 aromatic carbocycles. The molecule has 0 bridgehead atoms. The lowest BCUT2D eigenvalue weighted by atomic mass is 10.2. The molecule has 6 nitrogen and oxygen atoms in total. The molecule has 1 saturated heterocycles. The molecule has 1 heterocycles. The first-order valence-electron chi connectivity index (χ1n) is 10.1. The predicted molar refractivity (Wildman–Crippen MR) is 113 cm³/mol. The lowest BCUT2D eigenvalue weighted by Crippen LogP contribution is -2.46. The van der Waals surface area contributed by atoms with Crippen molar-refractivity contribution >= 4 is 23.2 Å². The highest BCUT2D eigenvalue weighted by atomic mass is 19.1. The van der Waals surface area contributed by atoms with Crippen molar-refractivity contribution < 1.29 is 18.4 Å². The maximum Gasteiger partial charge on any atom is 0.254 e. The number of benzene rings is 2. The van der Waals surface area contributed by atoms with Crippen LogP contribution in [0.15, 0.2) is 42.5 Å². The van der Waals surface area contributed by atoms with Gasteiger partial charge in [0.1, 0.15) is 11.6 Å². The second kappa shape index (κ2) is 10.2. The largest absolute Gasteiger partial charge is 0.369 e. The van der Waals surface area contributed by atoms with Crippen molar-refractivity contribution in [2.45, 2.75) is 13.3 Å². The van der Waals surface area contributed by atoms with Crippen molar-refractivity contribution in [2.24, 2.45) is 0 Å². The molecule has 0 unspecified atom stereocenters. The molecule has 3 rings (SSSR count). The van der Waals surface area contributed by atoms with Crippen LogP contribution < -0.4 is 15.5 Å². The molecule has 0 saturated carbocycles. The van der Waals surface area contributed by atoms with Gasteiger partial charge in [0.05, 0.1) is 5.56 Å². The van der Waals surface area contributed by atoms with E-state index in [2.05, 4.69) is 27.4 Å². The first-order chi connectivity index (χ1) is 14.5. The number of nitrogens with one attached hydrogen (secondary N) is 2. The van der Waals surface area contributed by atoms with Gasteiger partial charge in [-0.25, -0.2) is 8.78 Å². The molecule has 2 N–H and O–H groups in total. The molecule has 2 aromatic rings. The zero-order valence-corrected chi connectivity index (χ0v) is 17.0. The normalized spacial score (nSPS) is 14.4. The van der Waals surface area contributed by atoms with E-state index in [0.29, 0.717) is 11.8 Å². The summed E-state index contributed by atoms with van der Waals surface area (Å²) in [5.74, 6) is -2.64. The third kappa shape index (κ3) is 5.76. The van der Waals surface area contributed by atoms with Gasteiger partial charge in [-0.05, 0) is 42.9 Å². The molecule has 8 heteroatoms. The van der Waals surface area contributed by atoms with Gasteiger partial charge in [-0.3, -0.25) is 9.59 Å². The van der Waals surface area contributed by atoms with E-state index in [9.17, 15) is 18.4 Å². The van der Waals surface area contributed by atoms with Crippen LogP contribution in [0.3, 0.4) is 0 Å². The number of likely N-dealkylation sites (N-methyl/N-ethyl adjacent to an activating group) is 1. The highest BCUT2D eigenvalue weighted by Gasteiger charge is 2.16.